The van der Waals surface area contributed by atoms with Crippen molar-refractivity contribution >= 4 is 20.9 Å². The van der Waals surface area contributed by atoms with Crippen molar-refractivity contribution in [1.29, 1.82) is 0 Å². The van der Waals surface area contributed by atoms with E-state index in [1.807, 2.05) is 30.3 Å². The summed E-state index contributed by atoms with van der Waals surface area (Å²) in [7, 11) is -3.60. The largest absolute Gasteiger partial charge is 0.382 e. The molecule has 0 saturated heterocycles. The van der Waals surface area contributed by atoms with E-state index < -0.39 is 10.1 Å². The highest BCUT2D eigenvalue weighted by Gasteiger charge is 2.13. The van der Waals surface area contributed by atoms with Crippen molar-refractivity contribution in [2.75, 3.05) is 12.3 Å². The Kier molecular flexibility index (Phi) is 3.31. The van der Waals surface area contributed by atoms with Gasteiger partial charge in [0, 0.05) is 11.9 Å². The van der Waals surface area contributed by atoms with Gasteiger partial charge < -0.3 is 9.92 Å². The zero-order chi connectivity index (χ0) is 12.3. The number of hydrogen-bond donors (Lipinski definition) is 1. The van der Waals surface area contributed by atoms with Gasteiger partial charge in [0.2, 0.25) is 0 Å². The molecule has 2 aromatic carbocycles. The summed E-state index contributed by atoms with van der Waals surface area (Å²) in [6.07, 6.45) is 0. The van der Waals surface area contributed by atoms with Gasteiger partial charge in [-0.2, -0.15) is 8.42 Å². The summed E-state index contributed by atoms with van der Waals surface area (Å²) in [5.74, 6) is 0.160. The molecule has 0 spiro atoms. The van der Waals surface area contributed by atoms with Crippen molar-refractivity contribution in [2.24, 2.45) is 5.73 Å². The molecule has 0 aliphatic rings. The summed E-state index contributed by atoms with van der Waals surface area (Å²) in [5.41, 5.74) is 5.22. The molecule has 4 nitrogen and oxygen atoms in total. The number of nitrogens with two attached hydrogens (primary N) is 1. The Hall–Kier alpha value is -1.59. The summed E-state index contributed by atoms with van der Waals surface area (Å²) in [4.78, 5) is 0. The molecule has 0 aliphatic heterocycles. The van der Waals surface area contributed by atoms with Gasteiger partial charge in [-0.25, -0.2) is 0 Å². The lowest BCUT2D eigenvalue weighted by atomic mass is 10.1. The first-order valence-electron chi connectivity index (χ1n) is 5.22. The van der Waals surface area contributed by atoms with E-state index in [4.69, 9.17) is 9.92 Å². The van der Waals surface area contributed by atoms with Crippen LogP contribution in [0.1, 0.15) is 0 Å². The number of fused-ring (bicyclic) bond motifs is 1. The Labute approximate surface area is 100 Å². The normalized spacial score (nSPS) is 11.6. The lowest BCUT2D eigenvalue weighted by Crippen LogP contribution is -2.20. The summed E-state index contributed by atoms with van der Waals surface area (Å²) >= 11 is 0. The molecule has 0 amide bonds. The molecule has 0 aromatic heterocycles. The van der Waals surface area contributed by atoms with Crippen molar-refractivity contribution in [3.8, 4) is 5.75 Å². The molecule has 90 valence electrons. The van der Waals surface area contributed by atoms with Gasteiger partial charge in [0.15, 0.2) is 0 Å². The number of benzene rings is 2. The molecule has 0 fully saturated rings. The molecular formula is C12H13NO3S. The van der Waals surface area contributed by atoms with Gasteiger partial charge in [-0.15, -0.1) is 0 Å². The van der Waals surface area contributed by atoms with Crippen LogP contribution in [-0.2, 0) is 10.1 Å². The highest BCUT2D eigenvalue weighted by molar-refractivity contribution is 7.87. The fourth-order valence-electron chi connectivity index (χ4n) is 1.59. The second kappa shape index (κ2) is 4.73. The standard InChI is InChI=1S/C12H13NO3S/c13-8-9-17(14,15)16-12-7-3-5-10-4-1-2-6-11(10)12/h1-7H,8-9,13H2. The van der Waals surface area contributed by atoms with E-state index in [2.05, 4.69) is 0 Å². The molecule has 0 bridgehead atoms. The van der Waals surface area contributed by atoms with E-state index in [1.165, 1.54) is 0 Å². The molecule has 2 N–H and O–H groups in total. The Bertz CT molecular complexity index is 617. The van der Waals surface area contributed by atoms with Crippen LogP contribution in [0, 0.1) is 0 Å². The van der Waals surface area contributed by atoms with Crippen molar-refractivity contribution in [2.45, 2.75) is 0 Å². The van der Waals surface area contributed by atoms with E-state index in [0.717, 1.165) is 10.8 Å². The van der Waals surface area contributed by atoms with Crippen LogP contribution in [0.25, 0.3) is 10.8 Å². The van der Waals surface area contributed by atoms with Crippen LogP contribution in [0.5, 0.6) is 5.75 Å². The van der Waals surface area contributed by atoms with Crippen molar-refractivity contribution in [1.82, 2.24) is 0 Å². The van der Waals surface area contributed by atoms with Crippen molar-refractivity contribution < 1.29 is 12.6 Å². The third-order valence-electron chi connectivity index (χ3n) is 2.33. The van der Waals surface area contributed by atoms with Crippen LogP contribution in [0.4, 0.5) is 0 Å². The first-order chi connectivity index (χ1) is 8.12. The first kappa shape index (κ1) is 11.9. The van der Waals surface area contributed by atoms with E-state index in [0.29, 0.717) is 5.75 Å². The van der Waals surface area contributed by atoms with Crippen molar-refractivity contribution in [3.05, 3.63) is 42.5 Å². The molecular weight excluding hydrogens is 238 g/mol. The van der Waals surface area contributed by atoms with Gasteiger partial charge in [0.25, 0.3) is 0 Å². The summed E-state index contributed by atoms with van der Waals surface area (Å²) in [6.45, 7) is 0.0487. The molecule has 0 unspecified atom stereocenters. The van der Waals surface area contributed by atoms with E-state index in [1.54, 1.807) is 12.1 Å². The highest BCUT2D eigenvalue weighted by Crippen LogP contribution is 2.26. The van der Waals surface area contributed by atoms with Gasteiger partial charge >= 0.3 is 10.1 Å². The molecule has 0 aliphatic carbocycles. The lowest BCUT2D eigenvalue weighted by Gasteiger charge is -2.08. The molecule has 2 aromatic rings. The maximum absolute atomic E-state index is 11.5. The topological polar surface area (TPSA) is 69.4 Å². The third-order valence-corrected chi connectivity index (χ3v) is 3.50. The lowest BCUT2D eigenvalue weighted by molar-refractivity contribution is 0.489. The monoisotopic (exact) mass is 251 g/mol. The Balaban J connectivity index is 2.43. The van der Waals surface area contributed by atoms with Gasteiger partial charge in [0.05, 0.1) is 5.75 Å². The fraction of sp³-hybridized carbons (Fsp3) is 0.167. The van der Waals surface area contributed by atoms with Gasteiger partial charge in [-0.05, 0) is 11.5 Å². The molecule has 17 heavy (non-hydrogen) atoms. The molecule has 0 heterocycles. The minimum atomic E-state index is -3.60. The Morgan fingerprint density at radius 1 is 1.06 bits per heavy atom. The van der Waals surface area contributed by atoms with Crippen LogP contribution in [0.2, 0.25) is 0 Å². The zero-order valence-corrected chi connectivity index (χ0v) is 9.98. The fourth-order valence-corrected chi connectivity index (χ4v) is 2.38. The SMILES string of the molecule is NCCS(=O)(=O)Oc1cccc2ccccc12. The average molecular weight is 251 g/mol. The second-order valence-electron chi connectivity index (χ2n) is 3.61. The summed E-state index contributed by atoms with van der Waals surface area (Å²) in [5, 5.41) is 1.71. The average Bonchev–Trinajstić information content (AvgIpc) is 2.29. The first-order valence-corrected chi connectivity index (χ1v) is 6.80. The maximum atomic E-state index is 11.5. The number of hydrogen-bond acceptors (Lipinski definition) is 4. The van der Waals surface area contributed by atoms with Crippen LogP contribution in [-0.4, -0.2) is 20.7 Å². The Morgan fingerprint density at radius 2 is 1.76 bits per heavy atom. The smallest absolute Gasteiger partial charge is 0.310 e. The second-order valence-corrected chi connectivity index (χ2v) is 5.30. The minimum Gasteiger partial charge on any atom is -0.382 e. The molecule has 5 heteroatoms. The number of rotatable bonds is 4. The predicted octanol–water partition coefficient (Wildman–Crippen LogP) is 1.51. The third kappa shape index (κ3) is 2.75. The van der Waals surface area contributed by atoms with Crippen LogP contribution in [0.3, 0.4) is 0 Å². The Morgan fingerprint density at radius 3 is 2.53 bits per heavy atom. The molecule has 2 rings (SSSR count). The van der Waals surface area contributed by atoms with Crippen molar-refractivity contribution in [3.63, 3.8) is 0 Å². The molecule has 0 radical (unpaired) electrons. The quantitative estimate of drug-likeness (QED) is 0.836. The summed E-state index contributed by atoms with van der Waals surface area (Å²) < 4.78 is 28.1. The maximum Gasteiger partial charge on any atom is 0.310 e. The predicted molar refractivity (Wildman–Crippen MR) is 67.4 cm³/mol. The van der Waals surface area contributed by atoms with E-state index in [-0.39, 0.29) is 12.3 Å². The van der Waals surface area contributed by atoms with Crippen LogP contribution >= 0.6 is 0 Å². The highest BCUT2D eigenvalue weighted by atomic mass is 32.2. The van der Waals surface area contributed by atoms with Crippen LogP contribution in [0.15, 0.2) is 42.5 Å². The summed E-state index contributed by atoms with van der Waals surface area (Å²) in [6, 6.07) is 12.7. The van der Waals surface area contributed by atoms with Gasteiger partial charge in [-0.3, -0.25) is 0 Å². The van der Waals surface area contributed by atoms with E-state index in [9.17, 15) is 8.42 Å². The zero-order valence-electron chi connectivity index (χ0n) is 9.17. The van der Waals surface area contributed by atoms with Gasteiger partial charge in [0.1, 0.15) is 5.75 Å². The van der Waals surface area contributed by atoms with E-state index >= 15 is 0 Å². The minimum absolute atomic E-state index is 0.0487. The van der Waals surface area contributed by atoms with Gasteiger partial charge in [-0.1, -0.05) is 36.4 Å². The molecule has 0 atom stereocenters. The molecule has 0 saturated carbocycles. The van der Waals surface area contributed by atoms with Crippen LogP contribution < -0.4 is 9.92 Å².